The smallest absolute Gasteiger partial charge is 0.163 e. The van der Waals surface area contributed by atoms with Crippen LogP contribution < -0.4 is 0 Å². The second-order valence-electron chi connectivity index (χ2n) is 4.32. The van der Waals surface area contributed by atoms with Crippen molar-refractivity contribution in [2.45, 2.75) is 37.3 Å². The van der Waals surface area contributed by atoms with Crippen molar-refractivity contribution in [2.24, 2.45) is 0 Å². The second-order valence-corrected chi connectivity index (χ2v) is 4.32. The molecular formula is C13H12F3N. The fourth-order valence-corrected chi connectivity index (χ4v) is 2.23. The van der Waals surface area contributed by atoms with Gasteiger partial charge in [-0.3, -0.25) is 0 Å². The summed E-state index contributed by atoms with van der Waals surface area (Å²) in [6.07, 6.45) is -5.18. The van der Waals surface area contributed by atoms with Crippen LogP contribution in [0.5, 0.6) is 0 Å². The van der Waals surface area contributed by atoms with Gasteiger partial charge in [-0.15, -0.1) is 0 Å². The highest BCUT2D eigenvalue weighted by Crippen LogP contribution is 2.38. The molecule has 4 heteroatoms. The van der Waals surface area contributed by atoms with E-state index in [1.807, 2.05) is 6.07 Å². The lowest BCUT2D eigenvalue weighted by Gasteiger charge is -2.31. The van der Waals surface area contributed by atoms with Crippen molar-refractivity contribution in [1.29, 1.82) is 5.26 Å². The van der Waals surface area contributed by atoms with Gasteiger partial charge in [0.2, 0.25) is 0 Å². The first kappa shape index (κ1) is 12.0. The predicted molar refractivity (Wildman–Crippen MR) is 57.8 cm³/mol. The molecule has 0 saturated heterocycles. The summed E-state index contributed by atoms with van der Waals surface area (Å²) in [4.78, 5) is 0. The number of nitrogens with zero attached hydrogens (tertiary/aromatic N) is 1. The lowest BCUT2D eigenvalue weighted by Crippen LogP contribution is -2.37. The van der Waals surface area contributed by atoms with Crippen LogP contribution in [0.25, 0.3) is 0 Å². The molecule has 90 valence electrons. The van der Waals surface area contributed by atoms with E-state index >= 15 is 0 Å². The van der Waals surface area contributed by atoms with Crippen LogP contribution in [0.15, 0.2) is 24.3 Å². The molecule has 0 spiro atoms. The van der Waals surface area contributed by atoms with E-state index in [2.05, 4.69) is 0 Å². The standard InChI is InChI=1S/C13H12F3N/c14-11-6-5-10(12(15)13(11)16)9-3-1-8(7-17)2-4-9/h1-4,10-13H,5-6H2. The normalized spacial score (nSPS) is 33.1. The van der Waals surface area contributed by atoms with Crippen molar-refractivity contribution in [3.8, 4) is 6.07 Å². The van der Waals surface area contributed by atoms with E-state index in [1.54, 1.807) is 24.3 Å². The molecule has 1 aromatic rings. The highest BCUT2D eigenvalue weighted by molar-refractivity contribution is 5.33. The predicted octanol–water partition coefficient (Wildman–Crippen LogP) is 3.45. The van der Waals surface area contributed by atoms with E-state index in [-0.39, 0.29) is 6.42 Å². The topological polar surface area (TPSA) is 23.8 Å². The lowest BCUT2D eigenvalue weighted by atomic mass is 9.80. The van der Waals surface area contributed by atoms with Gasteiger partial charge in [-0.25, -0.2) is 13.2 Å². The Morgan fingerprint density at radius 2 is 1.65 bits per heavy atom. The van der Waals surface area contributed by atoms with Crippen LogP contribution in [0.3, 0.4) is 0 Å². The van der Waals surface area contributed by atoms with Crippen LogP contribution in [0.4, 0.5) is 13.2 Å². The number of benzene rings is 1. The molecule has 17 heavy (non-hydrogen) atoms. The third-order valence-corrected chi connectivity index (χ3v) is 3.26. The van der Waals surface area contributed by atoms with E-state index in [9.17, 15) is 13.2 Å². The minimum Gasteiger partial charge on any atom is -0.244 e. The Balaban J connectivity index is 2.19. The number of alkyl halides is 3. The third-order valence-electron chi connectivity index (χ3n) is 3.26. The zero-order valence-corrected chi connectivity index (χ0v) is 9.11. The fraction of sp³-hybridized carbons (Fsp3) is 0.462. The molecule has 1 aromatic carbocycles. The molecule has 0 bridgehead atoms. The quantitative estimate of drug-likeness (QED) is 0.736. The van der Waals surface area contributed by atoms with Gasteiger partial charge in [0.25, 0.3) is 0 Å². The maximum absolute atomic E-state index is 13.7. The highest BCUT2D eigenvalue weighted by atomic mass is 19.2. The van der Waals surface area contributed by atoms with Crippen LogP contribution >= 0.6 is 0 Å². The van der Waals surface area contributed by atoms with E-state index < -0.39 is 24.4 Å². The molecule has 0 N–H and O–H groups in total. The summed E-state index contributed by atoms with van der Waals surface area (Å²) in [6, 6.07) is 8.31. The summed E-state index contributed by atoms with van der Waals surface area (Å²) in [7, 11) is 0. The van der Waals surface area contributed by atoms with Crippen LogP contribution in [-0.4, -0.2) is 18.5 Å². The summed E-state index contributed by atoms with van der Waals surface area (Å²) >= 11 is 0. The van der Waals surface area contributed by atoms with Crippen molar-refractivity contribution in [3.63, 3.8) is 0 Å². The number of nitriles is 1. The first-order chi connectivity index (χ1) is 8.13. The minimum atomic E-state index is -2.04. The Bertz CT molecular complexity index is 423. The molecule has 2 rings (SSSR count). The number of rotatable bonds is 1. The third kappa shape index (κ3) is 2.28. The number of halogens is 3. The van der Waals surface area contributed by atoms with Crippen molar-refractivity contribution < 1.29 is 13.2 Å². The Morgan fingerprint density at radius 3 is 2.24 bits per heavy atom. The Morgan fingerprint density at radius 1 is 1.00 bits per heavy atom. The van der Waals surface area contributed by atoms with Gasteiger partial charge in [-0.1, -0.05) is 12.1 Å². The first-order valence-electron chi connectivity index (χ1n) is 5.55. The van der Waals surface area contributed by atoms with Gasteiger partial charge >= 0.3 is 0 Å². The van der Waals surface area contributed by atoms with E-state index in [0.717, 1.165) is 0 Å². The molecule has 1 aliphatic carbocycles. The average molecular weight is 239 g/mol. The molecule has 0 aromatic heterocycles. The Labute approximate surface area is 97.9 Å². The van der Waals surface area contributed by atoms with Crippen molar-refractivity contribution >= 4 is 0 Å². The lowest BCUT2D eigenvalue weighted by molar-refractivity contribution is 0.0290. The van der Waals surface area contributed by atoms with Gasteiger partial charge in [-0.2, -0.15) is 5.26 Å². The van der Waals surface area contributed by atoms with Crippen molar-refractivity contribution in [2.75, 3.05) is 0 Å². The molecule has 1 saturated carbocycles. The van der Waals surface area contributed by atoms with Gasteiger partial charge < -0.3 is 0 Å². The Kier molecular flexibility index (Phi) is 3.37. The van der Waals surface area contributed by atoms with Crippen molar-refractivity contribution in [3.05, 3.63) is 35.4 Å². The molecule has 0 radical (unpaired) electrons. The number of hydrogen-bond acceptors (Lipinski definition) is 1. The van der Waals surface area contributed by atoms with Crippen LogP contribution in [0.2, 0.25) is 0 Å². The van der Waals surface area contributed by atoms with Gasteiger partial charge in [0.05, 0.1) is 11.6 Å². The van der Waals surface area contributed by atoms with Crippen LogP contribution in [0.1, 0.15) is 29.9 Å². The molecule has 1 nitrogen and oxygen atoms in total. The first-order valence-corrected chi connectivity index (χ1v) is 5.55. The summed E-state index contributed by atoms with van der Waals surface area (Å²) in [5.41, 5.74) is 1.10. The maximum Gasteiger partial charge on any atom is 0.163 e. The van der Waals surface area contributed by atoms with Gasteiger partial charge in [0, 0.05) is 5.92 Å². The largest absolute Gasteiger partial charge is 0.244 e. The molecular weight excluding hydrogens is 227 g/mol. The molecule has 0 aliphatic heterocycles. The van der Waals surface area contributed by atoms with Crippen LogP contribution in [-0.2, 0) is 0 Å². The Hall–Kier alpha value is -1.50. The average Bonchev–Trinajstić information content (AvgIpc) is 2.36. The zero-order valence-electron chi connectivity index (χ0n) is 9.11. The summed E-state index contributed by atoms with van der Waals surface area (Å²) < 4.78 is 39.9. The molecule has 4 atom stereocenters. The maximum atomic E-state index is 13.7. The minimum absolute atomic E-state index is 0.0479. The SMILES string of the molecule is N#Cc1ccc(C2CCC(F)C(F)C2F)cc1. The van der Waals surface area contributed by atoms with Gasteiger partial charge in [0.15, 0.2) is 6.17 Å². The van der Waals surface area contributed by atoms with E-state index in [0.29, 0.717) is 17.5 Å². The second kappa shape index (κ2) is 4.79. The molecule has 0 heterocycles. The van der Waals surface area contributed by atoms with E-state index in [4.69, 9.17) is 5.26 Å². The monoisotopic (exact) mass is 239 g/mol. The molecule has 1 fully saturated rings. The summed E-state index contributed by atoms with van der Waals surface area (Å²) in [5, 5.41) is 8.63. The summed E-state index contributed by atoms with van der Waals surface area (Å²) in [6.45, 7) is 0. The van der Waals surface area contributed by atoms with Crippen molar-refractivity contribution in [1.82, 2.24) is 0 Å². The number of hydrogen-bond donors (Lipinski definition) is 0. The van der Waals surface area contributed by atoms with Gasteiger partial charge in [0.1, 0.15) is 12.3 Å². The fourth-order valence-electron chi connectivity index (χ4n) is 2.23. The van der Waals surface area contributed by atoms with E-state index in [1.165, 1.54) is 0 Å². The van der Waals surface area contributed by atoms with Crippen LogP contribution in [0, 0.1) is 11.3 Å². The zero-order chi connectivity index (χ0) is 12.4. The molecule has 1 aliphatic rings. The molecule has 4 unspecified atom stereocenters. The van der Waals surface area contributed by atoms with Gasteiger partial charge in [-0.05, 0) is 30.5 Å². The molecule has 0 amide bonds. The highest BCUT2D eigenvalue weighted by Gasteiger charge is 2.41. The summed E-state index contributed by atoms with van der Waals surface area (Å²) in [5.74, 6) is -0.607.